The molecular weight excluding hydrogens is 412 g/mol. The minimum absolute atomic E-state index is 0.390. The van der Waals surface area contributed by atoms with Crippen molar-refractivity contribution in [1.29, 1.82) is 0 Å². The summed E-state index contributed by atoms with van der Waals surface area (Å²) >= 11 is 0. The maximum Gasteiger partial charge on any atom is 0.0840 e. The molecule has 3 aliphatic rings. The Morgan fingerprint density at radius 3 is 2.76 bits per heavy atom. The molecule has 180 valence electrons. The summed E-state index contributed by atoms with van der Waals surface area (Å²) in [6.07, 6.45) is 10.3. The van der Waals surface area contributed by atoms with E-state index in [1.165, 1.54) is 31.3 Å². The lowest BCUT2D eigenvalue weighted by atomic mass is 9.74. The lowest BCUT2D eigenvalue weighted by Crippen LogP contribution is -2.27. The van der Waals surface area contributed by atoms with Crippen molar-refractivity contribution in [1.82, 2.24) is 0 Å². The number of aliphatic hydroxyl groups excluding tert-OH is 2. The predicted octanol–water partition coefficient (Wildman–Crippen LogP) is 5.18. The number of hydrogen-bond donors (Lipinski definition) is 3. The summed E-state index contributed by atoms with van der Waals surface area (Å²) in [5, 5.41) is 30.4. The quantitative estimate of drug-likeness (QED) is 0.556. The van der Waals surface area contributed by atoms with E-state index in [0.717, 1.165) is 35.3 Å². The second-order valence-electron chi connectivity index (χ2n) is 10.8. The summed E-state index contributed by atoms with van der Waals surface area (Å²) in [6.45, 7) is 9.03. The highest BCUT2D eigenvalue weighted by molar-refractivity contribution is 5.38. The fraction of sp³-hybridized carbons (Fsp3) is 0.586. The van der Waals surface area contributed by atoms with E-state index in [1.807, 2.05) is 32.0 Å². The molecule has 0 spiro atoms. The lowest BCUT2D eigenvalue weighted by Gasteiger charge is -2.32. The molecule has 2 unspecified atom stereocenters. The monoisotopic (exact) mass is 452 g/mol. The highest BCUT2D eigenvalue weighted by Crippen LogP contribution is 2.48. The van der Waals surface area contributed by atoms with Gasteiger partial charge in [0.05, 0.1) is 31.0 Å². The Kier molecular flexibility index (Phi) is 7.59. The molecule has 0 aromatic heterocycles. The van der Waals surface area contributed by atoms with Crippen LogP contribution >= 0.6 is 0 Å². The molecule has 3 aliphatic carbocycles. The van der Waals surface area contributed by atoms with Crippen LogP contribution in [0.1, 0.15) is 69.9 Å². The van der Waals surface area contributed by atoms with E-state index in [4.69, 9.17) is 4.74 Å². The van der Waals surface area contributed by atoms with Crippen molar-refractivity contribution >= 4 is 0 Å². The molecule has 5 atom stereocenters. The van der Waals surface area contributed by atoms with Gasteiger partial charge in [-0.25, -0.2) is 0 Å². The van der Waals surface area contributed by atoms with Gasteiger partial charge in [-0.1, -0.05) is 48.6 Å². The van der Waals surface area contributed by atoms with E-state index >= 15 is 0 Å². The molecule has 3 N–H and O–H groups in total. The van der Waals surface area contributed by atoms with Crippen LogP contribution in [0.3, 0.4) is 0 Å². The lowest BCUT2D eigenvalue weighted by molar-refractivity contribution is 0.0652. The Morgan fingerprint density at radius 1 is 1.15 bits per heavy atom. The molecule has 3 saturated carbocycles. The van der Waals surface area contributed by atoms with Gasteiger partial charge in [-0.15, -0.1) is 0 Å². The third-order valence-corrected chi connectivity index (χ3v) is 7.95. The van der Waals surface area contributed by atoms with Crippen molar-refractivity contribution in [2.24, 2.45) is 17.8 Å². The normalized spacial score (nSPS) is 33.0. The van der Waals surface area contributed by atoms with Crippen molar-refractivity contribution in [2.45, 2.75) is 83.2 Å². The molecular formula is C29H40O4. The molecule has 4 heteroatoms. The first-order valence-corrected chi connectivity index (χ1v) is 12.6. The van der Waals surface area contributed by atoms with Gasteiger partial charge in [-0.3, -0.25) is 0 Å². The number of benzene rings is 1. The topological polar surface area (TPSA) is 69.9 Å². The van der Waals surface area contributed by atoms with E-state index < -0.39 is 17.8 Å². The van der Waals surface area contributed by atoms with Crippen LogP contribution in [0.5, 0.6) is 0 Å². The Bertz CT molecular complexity index is 906. The minimum Gasteiger partial charge on any atom is -0.393 e. The first kappa shape index (κ1) is 24.4. The van der Waals surface area contributed by atoms with Crippen LogP contribution in [0.4, 0.5) is 0 Å². The van der Waals surface area contributed by atoms with Gasteiger partial charge < -0.3 is 20.1 Å². The molecule has 3 fully saturated rings. The molecule has 0 bridgehead atoms. The molecule has 0 radical (unpaired) electrons. The van der Waals surface area contributed by atoms with Crippen molar-refractivity contribution in [3.8, 4) is 0 Å². The summed E-state index contributed by atoms with van der Waals surface area (Å²) in [7, 11) is 0. The van der Waals surface area contributed by atoms with Gasteiger partial charge in [0.15, 0.2) is 0 Å². The van der Waals surface area contributed by atoms with Crippen LogP contribution in [-0.2, 0) is 16.9 Å². The summed E-state index contributed by atoms with van der Waals surface area (Å²) in [6, 6.07) is 8.05. The molecule has 33 heavy (non-hydrogen) atoms. The smallest absolute Gasteiger partial charge is 0.0840 e. The zero-order valence-electron chi connectivity index (χ0n) is 20.2. The van der Waals surface area contributed by atoms with E-state index in [-0.39, 0.29) is 0 Å². The molecule has 1 aromatic carbocycles. The van der Waals surface area contributed by atoms with E-state index in [0.29, 0.717) is 37.2 Å². The van der Waals surface area contributed by atoms with Crippen LogP contribution in [0.25, 0.3) is 0 Å². The van der Waals surface area contributed by atoms with Gasteiger partial charge in [-0.05, 0) is 92.4 Å². The number of fused-ring (bicyclic) bond motifs is 1. The molecule has 4 rings (SSSR count). The number of rotatable bonds is 6. The maximum atomic E-state index is 10.3. The standard InChI is InChI=1S/C29H40O4/c1-19-22(15-25(30)16-28(19)31)11-10-21-7-5-9-26-23(12-13-27(21)26)18-33-17-20-6-4-8-24(14-20)29(2,3)32/h4,6,8,10-11,14,23,25-28,30-32H,1,5,7,9,12-13,15-18H2,2-3H3/b21-10+,22-11-/t23-,25-,26?,27?,28+/m0/s1. The van der Waals surface area contributed by atoms with Gasteiger partial charge in [0.25, 0.3) is 0 Å². The SMILES string of the molecule is C=C1/C(=C\C=C2/CCCC3C2CC[C@H]3COCc2cccc(C(C)(C)O)c2)C[C@H](O)C[C@H]1O. The zero-order chi connectivity index (χ0) is 23.6. The van der Waals surface area contributed by atoms with Gasteiger partial charge in [0.1, 0.15) is 0 Å². The van der Waals surface area contributed by atoms with Crippen LogP contribution in [0.2, 0.25) is 0 Å². The molecule has 4 nitrogen and oxygen atoms in total. The Morgan fingerprint density at radius 2 is 1.97 bits per heavy atom. The number of allylic oxidation sites excluding steroid dienone is 3. The summed E-state index contributed by atoms with van der Waals surface area (Å²) in [5.41, 5.74) is 4.45. The number of hydrogen-bond acceptors (Lipinski definition) is 4. The average molecular weight is 453 g/mol. The molecule has 0 saturated heterocycles. The largest absolute Gasteiger partial charge is 0.393 e. The first-order valence-electron chi connectivity index (χ1n) is 12.6. The third-order valence-electron chi connectivity index (χ3n) is 7.95. The van der Waals surface area contributed by atoms with Crippen LogP contribution < -0.4 is 0 Å². The van der Waals surface area contributed by atoms with Crippen molar-refractivity contribution in [2.75, 3.05) is 6.61 Å². The van der Waals surface area contributed by atoms with Crippen LogP contribution in [-0.4, -0.2) is 34.1 Å². The van der Waals surface area contributed by atoms with Crippen molar-refractivity contribution in [3.63, 3.8) is 0 Å². The van der Waals surface area contributed by atoms with Gasteiger partial charge in [0, 0.05) is 6.42 Å². The molecule has 1 aromatic rings. The number of ether oxygens (including phenoxy) is 1. The summed E-state index contributed by atoms with van der Waals surface area (Å²) in [5.74, 6) is 1.89. The van der Waals surface area contributed by atoms with Crippen molar-refractivity contribution < 1.29 is 20.1 Å². The van der Waals surface area contributed by atoms with Gasteiger partial charge in [-0.2, -0.15) is 0 Å². The summed E-state index contributed by atoms with van der Waals surface area (Å²) in [4.78, 5) is 0. The summed E-state index contributed by atoms with van der Waals surface area (Å²) < 4.78 is 6.17. The highest BCUT2D eigenvalue weighted by Gasteiger charge is 2.39. The van der Waals surface area contributed by atoms with Gasteiger partial charge >= 0.3 is 0 Å². The van der Waals surface area contributed by atoms with Gasteiger partial charge in [0.2, 0.25) is 0 Å². The highest BCUT2D eigenvalue weighted by atomic mass is 16.5. The molecule has 0 aliphatic heterocycles. The average Bonchev–Trinajstić information content (AvgIpc) is 3.18. The van der Waals surface area contributed by atoms with E-state index in [1.54, 1.807) is 0 Å². The van der Waals surface area contributed by atoms with Crippen LogP contribution in [0, 0.1) is 17.8 Å². The number of aliphatic hydroxyl groups is 3. The predicted molar refractivity (Wildman–Crippen MR) is 131 cm³/mol. The minimum atomic E-state index is -0.838. The second-order valence-corrected chi connectivity index (χ2v) is 10.8. The Labute approximate surface area is 198 Å². The zero-order valence-corrected chi connectivity index (χ0v) is 20.2. The fourth-order valence-corrected chi connectivity index (χ4v) is 6.02. The molecule has 0 amide bonds. The van der Waals surface area contributed by atoms with E-state index in [9.17, 15) is 15.3 Å². The maximum absolute atomic E-state index is 10.3. The second kappa shape index (κ2) is 10.3. The van der Waals surface area contributed by atoms with E-state index in [2.05, 4.69) is 24.8 Å². The van der Waals surface area contributed by atoms with Crippen LogP contribution in [0.15, 0.2) is 59.7 Å². The Hall–Kier alpha value is -1.72. The third kappa shape index (κ3) is 5.86. The van der Waals surface area contributed by atoms with Crippen molar-refractivity contribution in [3.05, 3.63) is 70.8 Å². The fourth-order valence-electron chi connectivity index (χ4n) is 6.02. The Balaban J connectivity index is 1.35. The first-order chi connectivity index (χ1) is 15.7. The molecule has 0 heterocycles.